The molecule has 3 aromatic rings. The summed E-state index contributed by atoms with van der Waals surface area (Å²) in [6, 6.07) is 11.0. The SMILES string of the molecule is CC(C)N(C)c1nc(Oc2ccccc2)c2c(Br)nn(COCC[Si](C)(C)C)c2n1. The Hall–Kier alpha value is -1.97. The highest BCUT2D eigenvalue weighted by Crippen LogP contribution is 2.34. The molecule has 2 aromatic heterocycles. The van der Waals surface area contributed by atoms with Crippen molar-refractivity contribution in [3.8, 4) is 11.6 Å². The Morgan fingerprint density at radius 2 is 1.83 bits per heavy atom. The Kier molecular flexibility index (Phi) is 7.15. The number of anilines is 1. The van der Waals surface area contributed by atoms with Gasteiger partial charge in [0.05, 0.1) is 0 Å². The number of aromatic nitrogens is 4. The Morgan fingerprint density at radius 1 is 1.13 bits per heavy atom. The van der Waals surface area contributed by atoms with Gasteiger partial charge in [-0.2, -0.15) is 15.1 Å². The van der Waals surface area contributed by atoms with Crippen LogP contribution >= 0.6 is 15.9 Å². The maximum atomic E-state index is 6.13. The van der Waals surface area contributed by atoms with Gasteiger partial charge in [0.15, 0.2) is 5.65 Å². The van der Waals surface area contributed by atoms with Gasteiger partial charge in [-0.1, -0.05) is 37.8 Å². The maximum Gasteiger partial charge on any atom is 0.236 e. The van der Waals surface area contributed by atoms with Crippen LogP contribution in [0.1, 0.15) is 13.8 Å². The summed E-state index contributed by atoms with van der Waals surface area (Å²) in [5.74, 6) is 1.76. The minimum atomic E-state index is -1.15. The number of para-hydroxylation sites is 1. The first kappa shape index (κ1) is 22.7. The van der Waals surface area contributed by atoms with Gasteiger partial charge in [-0.25, -0.2) is 4.68 Å². The van der Waals surface area contributed by atoms with Crippen LogP contribution in [0.4, 0.5) is 5.95 Å². The third kappa shape index (κ3) is 5.58. The summed E-state index contributed by atoms with van der Waals surface area (Å²) in [6.07, 6.45) is 0. The summed E-state index contributed by atoms with van der Waals surface area (Å²) in [4.78, 5) is 11.5. The summed E-state index contributed by atoms with van der Waals surface area (Å²) in [7, 11) is 0.822. The number of nitrogens with zero attached hydrogens (tertiary/aromatic N) is 5. The summed E-state index contributed by atoms with van der Waals surface area (Å²) < 4.78 is 14.5. The van der Waals surface area contributed by atoms with E-state index in [-0.39, 0.29) is 6.04 Å². The predicted octanol–water partition coefficient (Wildman–Crippen LogP) is 5.54. The molecule has 162 valence electrons. The van der Waals surface area contributed by atoms with Crippen molar-refractivity contribution in [3.05, 3.63) is 34.9 Å². The largest absolute Gasteiger partial charge is 0.438 e. The van der Waals surface area contributed by atoms with Crippen molar-refractivity contribution in [2.45, 2.75) is 52.3 Å². The lowest BCUT2D eigenvalue weighted by molar-refractivity contribution is 0.0810. The molecule has 0 saturated heterocycles. The molecule has 2 heterocycles. The third-order valence-corrected chi connectivity index (χ3v) is 7.02. The molecule has 0 radical (unpaired) electrons. The smallest absolute Gasteiger partial charge is 0.236 e. The monoisotopic (exact) mass is 491 g/mol. The fourth-order valence-corrected chi connectivity index (χ4v) is 3.97. The number of rotatable bonds is 9. The number of halogens is 1. The van der Waals surface area contributed by atoms with E-state index < -0.39 is 8.07 Å². The van der Waals surface area contributed by atoms with Crippen molar-refractivity contribution in [3.63, 3.8) is 0 Å². The summed E-state index contributed by atoms with van der Waals surface area (Å²) in [5.41, 5.74) is 0.679. The molecule has 0 aliphatic rings. The molecular weight excluding hydrogens is 462 g/mol. The van der Waals surface area contributed by atoms with Crippen molar-refractivity contribution in [2.75, 3.05) is 18.6 Å². The number of fused-ring (bicyclic) bond motifs is 1. The van der Waals surface area contributed by atoms with Gasteiger partial charge < -0.3 is 14.4 Å². The highest BCUT2D eigenvalue weighted by Gasteiger charge is 2.22. The van der Waals surface area contributed by atoms with Crippen molar-refractivity contribution in [1.29, 1.82) is 0 Å². The van der Waals surface area contributed by atoms with Crippen LogP contribution in [0.2, 0.25) is 25.7 Å². The lowest BCUT2D eigenvalue weighted by Gasteiger charge is -2.22. The van der Waals surface area contributed by atoms with Crippen molar-refractivity contribution in [2.24, 2.45) is 0 Å². The third-order valence-electron chi connectivity index (χ3n) is 4.76. The van der Waals surface area contributed by atoms with Gasteiger partial charge in [-0.3, -0.25) is 0 Å². The van der Waals surface area contributed by atoms with E-state index in [4.69, 9.17) is 19.4 Å². The second-order valence-electron chi connectivity index (χ2n) is 8.79. The topological polar surface area (TPSA) is 65.3 Å². The lowest BCUT2D eigenvalue weighted by Crippen LogP contribution is -2.27. The Balaban J connectivity index is 1.98. The number of ether oxygens (including phenoxy) is 2. The molecule has 0 aliphatic carbocycles. The average molecular weight is 492 g/mol. The lowest BCUT2D eigenvalue weighted by atomic mass is 10.3. The molecule has 0 saturated carbocycles. The second-order valence-corrected chi connectivity index (χ2v) is 15.2. The van der Waals surface area contributed by atoms with Gasteiger partial charge in [0, 0.05) is 27.8 Å². The fraction of sp³-hybridized carbons (Fsp3) is 0.476. The van der Waals surface area contributed by atoms with Crippen molar-refractivity contribution >= 4 is 41.0 Å². The molecule has 3 rings (SSSR count). The molecule has 0 unspecified atom stereocenters. The maximum absolute atomic E-state index is 6.13. The molecular formula is C21H30BrN5O2Si. The molecule has 0 bridgehead atoms. The van der Waals surface area contributed by atoms with E-state index in [0.29, 0.717) is 41.2 Å². The standard InChI is InChI=1S/C21H30BrN5O2Si/c1-15(2)26(3)21-23-19-17(20(24-21)29-16-10-8-7-9-11-16)18(22)25-27(19)14-28-12-13-30(4,5)6/h7-11,15H,12-14H2,1-6H3. The molecule has 9 heteroatoms. The van der Waals surface area contributed by atoms with Crippen LogP contribution in [-0.4, -0.2) is 47.5 Å². The van der Waals surface area contributed by atoms with Crippen LogP contribution in [-0.2, 0) is 11.5 Å². The Bertz CT molecular complexity index is 988. The minimum absolute atomic E-state index is 0.236. The molecule has 0 atom stereocenters. The van der Waals surface area contributed by atoms with Crippen molar-refractivity contribution < 1.29 is 9.47 Å². The average Bonchev–Trinajstić information content (AvgIpc) is 3.00. The van der Waals surface area contributed by atoms with Gasteiger partial charge >= 0.3 is 0 Å². The quantitative estimate of drug-likeness (QED) is 0.289. The van der Waals surface area contributed by atoms with Crippen LogP contribution in [0.25, 0.3) is 11.0 Å². The fourth-order valence-electron chi connectivity index (χ4n) is 2.67. The van der Waals surface area contributed by atoms with E-state index >= 15 is 0 Å². The van der Waals surface area contributed by atoms with Crippen LogP contribution < -0.4 is 9.64 Å². The number of hydrogen-bond donors (Lipinski definition) is 0. The molecule has 1 aromatic carbocycles. The summed E-state index contributed by atoms with van der Waals surface area (Å²) >= 11 is 3.56. The summed E-state index contributed by atoms with van der Waals surface area (Å²) in [5, 5.41) is 5.32. The van der Waals surface area contributed by atoms with Crippen LogP contribution in [0.5, 0.6) is 11.6 Å². The second kappa shape index (κ2) is 9.45. The van der Waals surface area contributed by atoms with Crippen molar-refractivity contribution in [1.82, 2.24) is 19.7 Å². The first-order valence-electron chi connectivity index (χ1n) is 10.1. The van der Waals surface area contributed by atoms with Crippen LogP contribution in [0, 0.1) is 0 Å². The van der Waals surface area contributed by atoms with E-state index in [2.05, 4.69) is 54.5 Å². The zero-order chi connectivity index (χ0) is 21.9. The Labute approximate surface area is 187 Å². The van der Waals surface area contributed by atoms with E-state index in [1.54, 1.807) is 4.68 Å². The van der Waals surface area contributed by atoms with Gasteiger partial charge in [0.1, 0.15) is 22.5 Å². The van der Waals surface area contributed by atoms with Crippen LogP contribution in [0.15, 0.2) is 34.9 Å². The highest BCUT2D eigenvalue weighted by atomic mass is 79.9. The van der Waals surface area contributed by atoms with Crippen LogP contribution in [0.3, 0.4) is 0 Å². The number of benzene rings is 1. The Morgan fingerprint density at radius 3 is 2.47 bits per heavy atom. The molecule has 0 spiro atoms. The zero-order valence-electron chi connectivity index (χ0n) is 18.5. The molecule has 7 nitrogen and oxygen atoms in total. The van der Waals surface area contributed by atoms with Gasteiger partial charge in [-0.05, 0) is 48.0 Å². The number of hydrogen-bond acceptors (Lipinski definition) is 6. The van der Waals surface area contributed by atoms with E-state index in [0.717, 1.165) is 11.4 Å². The molecule has 0 fully saturated rings. The van der Waals surface area contributed by atoms with E-state index in [1.165, 1.54) is 0 Å². The first-order chi connectivity index (χ1) is 14.2. The van der Waals surface area contributed by atoms with E-state index in [1.807, 2.05) is 42.3 Å². The molecule has 0 amide bonds. The molecule has 30 heavy (non-hydrogen) atoms. The first-order valence-corrected chi connectivity index (χ1v) is 14.6. The normalized spacial score (nSPS) is 12.0. The van der Waals surface area contributed by atoms with E-state index in [9.17, 15) is 0 Å². The molecule has 0 N–H and O–H groups in total. The molecule has 0 aliphatic heterocycles. The highest BCUT2D eigenvalue weighted by molar-refractivity contribution is 9.10. The zero-order valence-corrected chi connectivity index (χ0v) is 21.1. The van der Waals surface area contributed by atoms with Gasteiger partial charge in [-0.15, -0.1) is 0 Å². The van der Waals surface area contributed by atoms with Gasteiger partial charge in [0.2, 0.25) is 11.8 Å². The predicted molar refractivity (Wildman–Crippen MR) is 127 cm³/mol. The minimum Gasteiger partial charge on any atom is -0.438 e. The summed E-state index contributed by atoms with van der Waals surface area (Å²) in [6.45, 7) is 12.3. The van der Waals surface area contributed by atoms with Gasteiger partial charge in [0.25, 0.3) is 0 Å².